The van der Waals surface area contributed by atoms with Gasteiger partial charge >= 0.3 is 47.8 Å². The molecule has 0 unspecified atom stereocenters. The number of carbonyl (C=O) groups is 8. The molecular weight excluding hydrogens is 1140 g/mol. The summed E-state index contributed by atoms with van der Waals surface area (Å²) in [5.74, 6) is -11.3. The van der Waals surface area contributed by atoms with Crippen molar-refractivity contribution in [3.8, 4) is 0 Å². The number of aromatic carboxylic acids is 6. The lowest BCUT2D eigenvalue weighted by Crippen LogP contribution is -2.16. The Labute approximate surface area is 403 Å². The number of fused-ring (bicyclic) bond motifs is 4. The second-order valence-corrected chi connectivity index (χ2v) is 18.7. The Morgan fingerprint density at radius 2 is 0.493 bits per heavy atom. The summed E-state index contributed by atoms with van der Waals surface area (Å²) in [4.78, 5) is 105. The molecule has 328 valence electrons. The molecule has 10 rings (SSSR count). The van der Waals surface area contributed by atoms with Crippen LogP contribution in [0.2, 0.25) is 0 Å². The number of carbonyl (C=O) groups excluding carboxylic acids is 2. The van der Waals surface area contributed by atoms with Gasteiger partial charge in [0.25, 0.3) is 0 Å². The van der Waals surface area contributed by atoms with E-state index in [1.807, 2.05) is 0 Å². The van der Waals surface area contributed by atoms with Gasteiger partial charge in [-0.3, -0.25) is 0 Å². The van der Waals surface area contributed by atoms with E-state index >= 15 is 0 Å². The Bertz CT molecular complexity index is 3860. The van der Waals surface area contributed by atoms with Crippen LogP contribution in [-0.4, -0.2) is 78.4 Å². The molecule has 0 heterocycles. The molecule has 0 spiro atoms. The second kappa shape index (κ2) is 15.1. The highest BCUT2D eigenvalue weighted by molar-refractivity contribution is 9.11. The molecule has 10 aromatic rings. The first-order valence-electron chi connectivity index (χ1n) is 19.1. The van der Waals surface area contributed by atoms with Crippen molar-refractivity contribution in [2.75, 3.05) is 0 Å². The van der Waals surface area contributed by atoms with E-state index in [1.54, 1.807) is 0 Å². The van der Waals surface area contributed by atoms with Gasteiger partial charge in [-0.2, -0.15) is 0 Å². The van der Waals surface area contributed by atoms with Crippen LogP contribution in [0.3, 0.4) is 0 Å². The van der Waals surface area contributed by atoms with E-state index in [4.69, 9.17) is 4.74 Å². The van der Waals surface area contributed by atoms with Gasteiger partial charge in [-0.25, -0.2) is 38.4 Å². The highest BCUT2D eigenvalue weighted by Gasteiger charge is 2.32. The van der Waals surface area contributed by atoms with Crippen LogP contribution in [0.25, 0.3) is 86.2 Å². The molecular formula is C48H18Br4O15. The number of hydrogen-bond donors (Lipinski definition) is 6. The molecule has 0 aromatic heterocycles. The Kier molecular flexibility index (Phi) is 9.82. The molecule has 0 aliphatic heterocycles. The lowest BCUT2D eigenvalue weighted by molar-refractivity contribution is 0.0398. The van der Waals surface area contributed by atoms with E-state index in [2.05, 4.69) is 63.7 Å². The lowest BCUT2D eigenvalue weighted by Gasteiger charge is -2.21. The van der Waals surface area contributed by atoms with Crippen molar-refractivity contribution in [3.63, 3.8) is 0 Å². The molecule has 67 heavy (non-hydrogen) atoms. The minimum atomic E-state index is -1.48. The van der Waals surface area contributed by atoms with Crippen LogP contribution in [0.5, 0.6) is 0 Å². The Hall–Kier alpha value is -7.32. The van der Waals surface area contributed by atoms with E-state index in [0.717, 1.165) is 0 Å². The van der Waals surface area contributed by atoms with Crippen LogP contribution >= 0.6 is 63.7 Å². The number of rotatable bonds is 8. The van der Waals surface area contributed by atoms with E-state index < -0.39 is 70.0 Å². The molecule has 0 aliphatic rings. The predicted molar refractivity (Wildman–Crippen MR) is 258 cm³/mol. The van der Waals surface area contributed by atoms with Gasteiger partial charge in [0.15, 0.2) is 0 Å². The van der Waals surface area contributed by atoms with Crippen molar-refractivity contribution in [1.29, 1.82) is 0 Å². The molecule has 0 saturated heterocycles. The lowest BCUT2D eigenvalue weighted by atomic mass is 9.84. The standard InChI is InChI=1S/C48H18Br4O15/c49-25-9-21(45(61)62)29-17(41(53)54)5-1-13-35-27(51)11-23(31-19(43(57)58)7-3-15(39(31)35)33(25)37(13)29)47(65)67-48(66)24-12-28(52)36-14-2-6-18(42(55)56)30-22(46(63)64)10-26(50)34(38(14)30)16-4-8-20(44(59)60)32(24)40(16)36/h1-12H,(H,53,54)(H,55,56)(H,57,58)(H,59,60)(H,61,62)(H,63,64). The van der Waals surface area contributed by atoms with Crippen molar-refractivity contribution in [3.05, 3.63) is 135 Å². The van der Waals surface area contributed by atoms with Crippen LogP contribution in [-0.2, 0) is 4.74 Å². The summed E-state index contributed by atoms with van der Waals surface area (Å²) in [6, 6.07) is 15.5. The summed E-state index contributed by atoms with van der Waals surface area (Å²) in [7, 11) is 0. The van der Waals surface area contributed by atoms with E-state index in [1.165, 1.54) is 72.8 Å². The number of esters is 2. The highest BCUT2D eigenvalue weighted by atomic mass is 79.9. The maximum Gasteiger partial charge on any atom is 0.346 e. The van der Waals surface area contributed by atoms with E-state index in [-0.39, 0.29) is 116 Å². The first-order chi connectivity index (χ1) is 31.7. The predicted octanol–water partition coefficient (Wildman–Crippen LogP) is 12.0. The fourth-order valence-corrected chi connectivity index (χ4v) is 12.1. The third kappa shape index (κ3) is 6.04. The molecule has 0 aliphatic carbocycles. The zero-order valence-electron chi connectivity index (χ0n) is 32.8. The number of benzene rings is 10. The van der Waals surface area contributed by atoms with Crippen LogP contribution in [0, 0.1) is 0 Å². The smallest absolute Gasteiger partial charge is 0.346 e. The van der Waals surface area contributed by atoms with Crippen molar-refractivity contribution in [1.82, 2.24) is 0 Å². The Balaban J connectivity index is 1.24. The summed E-state index contributed by atoms with van der Waals surface area (Å²) in [5.41, 5.74) is -2.94. The third-order valence-electron chi connectivity index (χ3n) is 12.0. The Morgan fingerprint density at radius 3 is 0.716 bits per heavy atom. The molecule has 6 N–H and O–H groups in total. The minimum Gasteiger partial charge on any atom is -0.478 e. The molecule has 19 heteroatoms. The first-order valence-corrected chi connectivity index (χ1v) is 22.3. The average Bonchev–Trinajstić information content (AvgIpc) is 3.26. The fraction of sp³-hybridized carbons (Fsp3) is 0. The molecule has 0 radical (unpaired) electrons. The second-order valence-electron chi connectivity index (χ2n) is 15.3. The molecule has 10 aromatic carbocycles. The SMILES string of the molecule is O=C(O)c1ccc2c3c(Br)cc(C(=O)OC(=O)c4cc(Br)c5c6ccc(C(=O)O)c7c(C(=O)O)cc(Br)c(c8ccc(C(=O)O)c4c85)c76)c4c(C(=O)O)ccc(c5c(Br)cc(C(=O)O)c1c25)c43. The zero-order valence-corrected chi connectivity index (χ0v) is 39.1. The van der Waals surface area contributed by atoms with Gasteiger partial charge in [0.05, 0.1) is 44.5 Å². The van der Waals surface area contributed by atoms with Gasteiger partial charge in [-0.1, -0.05) is 88.0 Å². The summed E-state index contributed by atoms with van der Waals surface area (Å²) in [5, 5.41) is 64.1. The van der Waals surface area contributed by atoms with Gasteiger partial charge < -0.3 is 35.4 Å². The van der Waals surface area contributed by atoms with Crippen LogP contribution in [0.15, 0.2) is 90.7 Å². The highest BCUT2D eigenvalue weighted by Crippen LogP contribution is 2.51. The maximum atomic E-state index is 14.6. The molecule has 15 nitrogen and oxygen atoms in total. The normalized spacial score (nSPS) is 11.8. The minimum absolute atomic E-state index is 0.103. The molecule has 0 saturated carbocycles. The van der Waals surface area contributed by atoms with E-state index in [0.29, 0.717) is 10.8 Å². The van der Waals surface area contributed by atoms with Crippen LogP contribution in [0.1, 0.15) is 82.9 Å². The van der Waals surface area contributed by atoms with Crippen LogP contribution < -0.4 is 0 Å². The summed E-state index contributed by atoms with van der Waals surface area (Å²) in [6.07, 6.45) is 0. The fourth-order valence-electron chi connectivity index (χ4n) is 9.58. The zero-order chi connectivity index (χ0) is 48.0. The molecule has 0 fully saturated rings. The number of halogens is 4. The maximum absolute atomic E-state index is 14.6. The first kappa shape index (κ1) is 43.6. The van der Waals surface area contributed by atoms with E-state index in [9.17, 15) is 69.0 Å². The number of hydrogen-bond acceptors (Lipinski definition) is 9. The third-order valence-corrected chi connectivity index (χ3v) is 14.5. The average molecular weight is 1150 g/mol. The van der Waals surface area contributed by atoms with Crippen molar-refractivity contribution >= 4 is 198 Å². The monoisotopic (exact) mass is 1150 g/mol. The Morgan fingerprint density at radius 1 is 0.284 bits per heavy atom. The summed E-state index contributed by atoms with van der Waals surface area (Å²) in [6.45, 7) is 0. The van der Waals surface area contributed by atoms with Gasteiger partial charge in [0.2, 0.25) is 0 Å². The summed E-state index contributed by atoms with van der Waals surface area (Å²) >= 11 is 13.9. The number of ether oxygens (including phenoxy) is 1. The van der Waals surface area contributed by atoms with Crippen molar-refractivity contribution in [2.24, 2.45) is 0 Å². The van der Waals surface area contributed by atoms with Gasteiger partial charge in [-0.05, 0) is 70.1 Å². The summed E-state index contributed by atoms with van der Waals surface area (Å²) < 4.78 is 6.25. The molecule has 0 amide bonds. The van der Waals surface area contributed by atoms with Gasteiger partial charge in [0.1, 0.15) is 0 Å². The topological polar surface area (TPSA) is 267 Å². The van der Waals surface area contributed by atoms with Gasteiger partial charge in [0, 0.05) is 82.5 Å². The molecule has 0 atom stereocenters. The van der Waals surface area contributed by atoms with Crippen molar-refractivity contribution < 1.29 is 73.7 Å². The van der Waals surface area contributed by atoms with Gasteiger partial charge in [-0.15, -0.1) is 0 Å². The van der Waals surface area contributed by atoms with Crippen molar-refractivity contribution in [2.45, 2.75) is 0 Å². The van der Waals surface area contributed by atoms with Crippen LogP contribution in [0.4, 0.5) is 0 Å². The quantitative estimate of drug-likeness (QED) is 0.0357. The largest absolute Gasteiger partial charge is 0.478 e. The molecule has 0 bridgehead atoms. The number of carboxylic acids is 6. The number of carboxylic acid groups (broad SMARTS) is 6.